The first kappa shape index (κ1) is 62.2. The van der Waals surface area contributed by atoms with Crippen molar-refractivity contribution in [3.05, 3.63) is 102 Å². The summed E-state index contributed by atoms with van der Waals surface area (Å²) < 4.78 is 0. The molecule has 0 aromatic heterocycles. The largest absolute Gasteiger partial charge is 0.394 e. The number of aryl methyl sites for hydroxylation is 2. The molecule has 0 aliphatic heterocycles. The van der Waals surface area contributed by atoms with Crippen LogP contribution < -0.4 is 11.5 Å². The summed E-state index contributed by atoms with van der Waals surface area (Å²) in [5.41, 5.74) is 18.5. The summed E-state index contributed by atoms with van der Waals surface area (Å²) in [5.74, 6) is 0.503. The number of unbranched alkanes of at least 4 members (excludes halogenated alkanes) is 10. The number of allylic oxidation sites excluding steroid dienone is 3. The number of aliphatic hydroxyl groups excluding tert-OH is 1. The number of aliphatic hydroxyl groups is 1. The molecule has 2 aliphatic rings. The summed E-state index contributed by atoms with van der Waals surface area (Å²) in [7, 11) is 0. The van der Waals surface area contributed by atoms with E-state index in [4.69, 9.17) is 11.5 Å². The van der Waals surface area contributed by atoms with Crippen molar-refractivity contribution in [3.8, 4) is 0 Å². The van der Waals surface area contributed by atoms with Gasteiger partial charge >= 0.3 is 0 Å². The van der Waals surface area contributed by atoms with Gasteiger partial charge in [0.2, 0.25) is 0 Å². The molecule has 0 spiro atoms. The van der Waals surface area contributed by atoms with Crippen molar-refractivity contribution < 1.29 is 5.11 Å². The minimum absolute atomic E-state index is 0.0343. The van der Waals surface area contributed by atoms with E-state index < -0.39 is 5.54 Å². The van der Waals surface area contributed by atoms with Gasteiger partial charge in [-0.1, -0.05) is 233 Å². The molecule has 3 unspecified atom stereocenters. The zero-order valence-electron chi connectivity index (χ0n) is 41.5. The highest BCUT2D eigenvalue weighted by molar-refractivity contribution is 5.69. The fourth-order valence-electron chi connectivity index (χ4n) is 6.42. The van der Waals surface area contributed by atoms with Crippen molar-refractivity contribution in [2.75, 3.05) is 6.61 Å². The molecular weight excluding hydrogens is 705 g/mol. The first-order valence-corrected chi connectivity index (χ1v) is 24.4. The lowest BCUT2D eigenvalue weighted by Gasteiger charge is -2.18. The molecule has 4 rings (SSSR count). The van der Waals surface area contributed by atoms with Crippen LogP contribution in [0.15, 0.2) is 79.4 Å². The molecule has 58 heavy (non-hydrogen) atoms. The van der Waals surface area contributed by atoms with E-state index in [1.54, 1.807) is 6.08 Å². The van der Waals surface area contributed by atoms with Gasteiger partial charge in [-0.05, 0) is 86.6 Å². The molecule has 5 N–H and O–H groups in total. The van der Waals surface area contributed by atoms with Gasteiger partial charge in [-0.15, -0.1) is 6.58 Å². The Kier molecular flexibility index (Phi) is 47.3. The second-order valence-corrected chi connectivity index (χ2v) is 15.5. The second kappa shape index (κ2) is 44.1. The van der Waals surface area contributed by atoms with Gasteiger partial charge in [-0.3, -0.25) is 0 Å². The van der Waals surface area contributed by atoms with Crippen molar-refractivity contribution in [1.82, 2.24) is 0 Å². The van der Waals surface area contributed by atoms with Crippen LogP contribution in [-0.4, -0.2) is 22.8 Å². The van der Waals surface area contributed by atoms with E-state index in [1.165, 1.54) is 131 Å². The minimum atomic E-state index is -0.507. The molecular formula is C55H102N2O. The third-order valence-electron chi connectivity index (χ3n) is 9.36. The summed E-state index contributed by atoms with van der Waals surface area (Å²) in [6.45, 7) is 32.4. The van der Waals surface area contributed by atoms with Gasteiger partial charge in [-0.2, -0.15) is 0 Å². The minimum Gasteiger partial charge on any atom is -0.394 e. The maximum absolute atomic E-state index is 9.34. The molecule has 0 radical (unpaired) electrons. The van der Waals surface area contributed by atoms with E-state index in [-0.39, 0.29) is 12.1 Å². The third-order valence-corrected chi connectivity index (χ3v) is 9.36. The predicted octanol–water partition coefficient (Wildman–Crippen LogP) is 16.9. The number of nitrogens with two attached hydrogens (primary N) is 2. The number of hydrogen-bond acceptors (Lipinski definition) is 3. The van der Waals surface area contributed by atoms with Gasteiger partial charge in [0.15, 0.2) is 0 Å². The molecule has 3 heteroatoms. The maximum Gasteiger partial charge on any atom is 0.0647 e. The lowest BCUT2D eigenvalue weighted by molar-refractivity contribution is 0.226. The molecule has 0 fully saturated rings. The van der Waals surface area contributed by atoms with Crippen molar-refractivity contribution in [1.29, 1.82) is 0 Å². The van der Waals surface area contributed by atoms with Crippen LogP contribution >= 0.6 is 0 Å². The van der Waals surface area contributed by atoms with Crippen LogP contribution in [0, 0.1) is 0 Å². The van der Waals surface area contributed by atoms with Crippen molar-refractivity contribution in [3.63, 3.8) is 0 Å². The summed E-state index contributed by atoms with van der Waals surface area (Å²) in [6.07, 6.45) is 32.3. The fraction of sp³-hybridized carbons (Fsp3) is 0.673. The van der Waals surface area contributed by atoms with Crippen LogP contribution in [0.1, 0.15) is 234 Å². The Morgan fingerprint density at radius 3 is 1.38 bits per heavy atom. The van der Waals surface area contributed by atoms with Crippen molar-refractivity contribution in [2.24, 2.45) is 11.5 Å². The Morgan fingerprint density at radius 2 is 1.03 bits per heavy atom. The summed E-state index contributed by atoms with van der Waals surface area (Å²) >= 11 is 0. The number of hydrogen-bond donors (Lipinski definition) is 3. The van der Waals surface area contributed by atoms with Gasteiger partial charge in [0, 0.05) is 11.5 Å². The summed E-state index contributed by atoms with van der Waals surface area (Å²) in [6, 6.07) is 18.1. The van der Waals surface area contributed by atoms with Gasteiger partial charge < -0.3 is 16.6 Å². The number of rotatable bonds is 17. The molecule has 0 amide bonds. The Bertz CT molecular complexity index is 1180. The quantitative estimate of drug-likeness (QED) is 0.110. The van der Waals surface area contributed by atoms with Crippen molar-refractivity contribution in [2.45, 2.75) is 236 Å². The first-order valence-electron chi connectivity index (χ1n) is 24.4. The Balaban J connectivity index is -0.000000377. The standard InChI is InChI=1S/C20H31NO.C20H31N.2C3H8.C3H6.3C2H6/c1-2-3-4-5-6-7-8-17-9-11-18(12-10-17)19-13-14-20(21,15-19)16-22;1-3-4-5-6-7-8-9-17-10-12-18(13-11-17)19-14-15-20(2,21)16-19;3*1-3-2;3*1-2/h9-12,15,22H,2-8,13-14,16,21H2,1H3;10-15,19H,3-9,16,21H2,1-2H3;2*3H2,1-2H3;3H,1H2,2H3;3*1-2H3. The van der Waals surface area contributed by atoms with E-state index in [0.717, 1.165) is 19.3 Å². The van der Waals surface area contributed by atoms with E-state index >= 15 is 0 Å². The smallest absolute Gasteiger partial charge is 0.0647 e. The van der Waals surface area contributed by atoms with Gasteiger partial charge in [-0.25, -0.2) is 0 Å². The Hall–Kier alpha value is -2.46. The zero-order chi connectivity index (χ0) is 45.1. The van der Waals surface area contributed by atoms with Crippen molar-refractivity contribution >= 4 is 5.57 Å². The molecule has 0 saturated heterocycles. The van der Waals surface area contributed by atoms with Crippen LogP contribution in [0.2, 0.25) is 0 Å². The second-order valence-electron chi connectivity index (χ2n) is 15.5. The Morgan fingerprint density at radius 1 is 0.655 bits per heavy atom. The van der Waals surface area contributed by atoms with E-state index in [1.807, 2.05) is 48.5 Å². The molecule has 2 aromatic rings. The van der Waals surface area contributed by atoms with E-state index in [2.05, 4.69) is 122 Å². The topological polar surface area (TPSA) is 72.3 Å². The normalized spacial score (nSPS) is 18.1. The summed E-state index contributed by atoms with van der Waals surface area (Å²) in [5, 5.41) is 9.34. The van der Waals surface area contributed by atoms with Crippen LogP contribution in [-0.2, 0) is 12.8 Å². The van der Waals surface area contributed by atoms with Gasteiger partial charge in [0.1, 0.15) is 0 Å². The third kappa shape index (κ3) is 33.4. The predicted molar refractivity (Wildman–Crippen MR) is 269 cm³/mol. The average Bonchev–Trinajstić information content (AvgIpc) is 3.83. The Labute approximate surface area is 365 Å². The molecule has 0 saturated carbocycles. The highest BCUT2D eigenvalue weighted by Gasteiger charge is 2.28. The monoisotopic (exact) mass is 807 g/mol. The maximum atomic E-state index is 9.34. The molecule has 0 bridgehead atoms. The molecule has 3 nitrogen and oxygen atoms in total. The lowest BCUT2D eigenvalue weighted by Crippen LogP contribution is -2.39. The van der Waals surface area contributed by atoms with E-state index in [9.17, 15) is 5.11 Å². The lowest BCUT2D eigenvalue weighted by atomic mass is 9.92. The zero-order valence-corrected chi connectivity index (χ0v) is 41.5. The first-order chi connectivity index (χ1) is 28.0. The van der Waals surface area contributed by atoms with Gasteiger partial charge in [0.25, 0.3) is 0 Å². The molecule has 2 aliphatic carbocycles. The average molecular weight is 807 g/mol. The van der Waals surface area contributed by atoms with Gasteiger partial charge in [0.05, 0.1) is 12.1 Å². The molecule has 3 atom stereocenters. The summed E-state index contributed by atoms with van der Waals surface area (Å²) in [4.78, 5) is 0. The number of benzene rings is 2. The molecule has 2 aromatic carbocycles. The fourth-order valence-corrected chi connectivity index (χ4v) is 6.42. The SMILES string of the molecule is C=CC.CC.CC.CC.CCC.CCC.CCCCCCCCc1ccc(C2=CC(N)(CO)CC2)cc1.CCCCCCCCc1ccc(C2C=CC(C)(N)C2)cc1. The molecule has 338 valence electrons. The van der Waals surface area contributed by atoms with Crippen LogP contribution in [0.25, 0.3) is 5.57 Å². The highest BCUT2D eigenvalue weighted by Crippen LogP contribution is 2.34. The van der Waals surface area contributed by atoms with Crippen LogP contribution in [0.4, 0.5) is 0 Å². The molecule has 0 heterocycles. The highest BCUT2D eigenvalue weighted by atomic mass is 16.3. The van der Waals surface area contributed by atoms with Crippen LogP contribution in [0.3, 0.4) is 0 Å². The van der Waals surface area contributed by atoms with Crippen LogP contribution in [0.5, 0.6) is 0 Å². The van der Waals surface area contributed by atoms with E-state index in [0.29, 0.717) is 5.92 Å².